The van der Waals surface area contributed by atoms with Gasteiger partial charge in [-0.2, -0.15) is 0 Å². The van der Waals surface area contributed by atoms with Crippen molar-refractivity contribution in [3.8, 4) is 0 Å². The van der Waals surface area contributed by atoms with Crippen LogP contribution in [0.1, 0.15) is 43.2 Å². The zero-order chi connectivity index (χ0) is 13.6. The van der Waals surface area contributed by atoms with Crippen molar-refractivity contribution < 1.29 is 9.53 Å². The fraction of sp³-hybridized carbons (Fsp3) is 0.571. The van der Waals surface area contributed by atoms with Gasteiger partial charge in [-0.1, -0.05) is 20.8 Å². The SMILES string of the molecule is CCC(C)(C)CNCc1ccc(C(=O)OC)cn1. The number of carbonyl (C=O) groups excluding carboxylic acids is 1. The summed E-state index contributed by atoms with van der Waals surface area (Å²) in [5.74, 6) is -0.353. The van der Waals surface area contributed by atoms with Gasteiger partial charge in [0.25, 0.3) is 0 Å². The van der Waals surface area contributed by atoms with Gasteiger partial charge in [0, 0.05) is 19.3 Å². The van der Waals surface area contributed by atoms with E-state index in [1.54, 1.807) is 12.3 Å². The van der Waals surface area contributed by atoms with Crippen LogP contribution in [0.4, 0.5) is 0 Å². The third-order valence-electron chi connectivity index (χ3n) is 3.11. The summed E-state index contributed by atoms with van der Waals surface area (Å²) >= 11 is 0. The Morgan fingerprint density at radius 1 is 1.44 bits per heavy atom. The van der Waals surface area contributed by atoms with Gasteiger partial charge in [0.15, 0.2) is 0 Å². The molecule has 0 amide bonds. The van der Waals surface area contributed by atoms with Crippen molar-refractivity contribution in [2.75, 3.05) is 13.7 Å². The molecule has 18 heavy (non-hydrogen) atoms. The van der Waals surface area contributed by atoms with Crippen LogP contribution in [0.2, 0.25) is 0 Å². The smallest absolute Gasteiger partial charge is 0.339 e. The number of rotatable bonds is 6. The highest BCUT2D eigenvalue weighted by molar-refractivity contribution is 5.88. The zero-order valence-corrected chi connectivity index (χ0v) is 11.6. The average Bonchev–Trinajstić information content (AvgIpc) is 2.38. The van der Waals surface area contributed by atoms with Crippen molar-refractivity contribution >= 4 is 5.97 Å². The molecule has 0 aromatic carbocycles. The maximum Gasteiger partial charge on any atom is 0.339 e. The summed E-state index contributed by atoms with van der Waals surface area (Å²) < 4.78 is 4.62. The minimum Gasteiger partial charge on any atom is -0.465 e. The number of hydrogen-bond acceptors (Lipinski definition) is 4. The molecule has 1 N–H and O–H groups in total. The first-order chi connectivity index (χ1) is 8.48. The van der Waals surface area contributed by atoms with Crippen LogP contribution in [-0.4, -0.2) is 24.6 Å². The Kier molecular flexibility index (Phi) is 5.28. The molecule has 1 heterocycles. The van der Waals surface area contributed by atoms with Gasteiger partial charge >= 0.3 is 5.97 Å². The molecule has 0 atom stereocenters. The fourth-order valence-corrected chi connectivity index (χ4v) is 1.42. The second kappa shape index (κ2) is 6.50. The van der Waals surface area contributed by atoms with Crippen molar-refractivity contribution in [2.45, 2.75) is 33.7 Å². The van der Waals surface area contributed by atoms with E-state index >= 15 is 0 Å². The van der Waals surface area contributed by atoms with Crippen LogP contribution in [-0.2, 0) is 11.3 Å². The Labute approximate surface area is 109 Å². The minimum atomic E-state index is -0.353. The molecule has 100 valence electrons. The predicted octanol–water partition coefficient (Wildman–Crippen LogP) is 2.39. The van der Waals surface area contributed by atoms with Gasteiger partial charge in [-0.25, -0.2) is 4.79 Å². The topological polar surface area (TPSA) is 51.2 Å². The highest BCUT2D eigenvalue weighted by atomic mass is 16.5. The summed E-state index contributed by atoms with van der Waals surface area (Å²) in [5.41, 5.74) is 1.70. The number of nitrogens with zero attached hydrogens (tertiary/aromatic N) is 1. The molecule has 0 aliphatic carbocycles. The van der Waals surface area contributed by atoms with Crippen molar-refractivity contribution in [3.63, 3.8) is 0 Å². The summed E-state index contributed by atoms with van der Waals surface area (Å²) in [5, 5.41) is 3.38. The van der Waals surface area contributed by atoms with Crippen LogP contribution in [0.25, 0.3) is 0 Å². The van der Waals surface area contributed by atoms with Crippen LogP contribution in [0.15, 0.2) is 18.3 Å². The maximum atomic E-state index is 11.2. The number of nitrogens with one attached hydrogen (secondary N) is 1. The summed E-state index contributed by atoms with van der Waals surface area (Å²) in [6, 6.07) is 3.58. The quantitative estimate of drug-likeness (QED) is 0.788. The third-order valence-corrected chi connectivity index (χ3v) is 3.11. The van der Waals surface area contributed by atoms with Gasteiger partial charge in [-0.15, -0.1) is 0 Å². The van der Waals surface area contributed by atoms with Crippen LogP contribution < -0.4 is 5.32 Å². The predicted molar refractivity (Wildman–Crippen MR) is 71.4 cm³/mol. The lowest BCUT2D eigenvalue weighted by atomic mass is 9.90. The highest BCUT2D eigenvalue weighted by Crippen LogP contribution is 2.17. The monoisotopic (exact) mass is 250 g/mol. The molecule has 4 heteroatoms. The van der Waals surface area contributed by atoms with Crippen molar-refractivity contribution in [3.05, 3.63) is 29.6 Å². The summed E-state index contributed by atoms with van der Waals surface area (Å²) in [6.45, 7) is 8.31. The van der Waals surface area contributed by atoms with Crippen LogP contribution in [0, 0.1) is 5.41 Å². The zero-order valence-electron chi connectivity index (χ0n) is 11.6. The number of hydrogen-bond donors (Lipinski definition) is 1. The number of esters is 1. The van der Waals surface area contributed by atoms with Gasteiger partial charge < -0.3 is 10.1 Å². The average molecular weight is 250 g/mol. The minimum absolute atomic E-state index is 0.298. The Hall–Kier alpha value is -1.42. The van der Waals surface area contributed by atoms with E-state index in [9.17, 15) is 4.79 Å². The Bertz CT molecular complexity index is 385. The molecular formula is C14H22N2O2. The van der Waals surface area contributed by atoms with Crippen LogP contribution in [0.3, 0.4) is 0 Å². The van der Waals surface area contributed by atoms with Gasteiger partial charge in [-0.3, -0.25) is 4.98 Å². The molecular weight excluding hydrogens is 228 g/mol. The number of aromatic nitrogens is 1. The summed E-state index contributed by atoms with van der Waals surface area (Å²) in [4.78, 5) is 15.5. The molecule has 0 unspecified atom stereocenters. The molecule has 0 aliphatic rings. The number of methoxy groups -OCH3 is 1. The van der Waals surface area contributed by atoms with Crippen LogP contribution >= 0.6 is 0 Å². The second-order valence-electron chi connectivity index (χ2n) is 5.15. The second-order valence-corrected chi connectivity index (χ2v) is 5.15. The highest BCUT2D eigenvalue weighted by Gasteiger charge is 2.14. The maximum absolute atomic E-state index is 11.2. The molecule has 1 aromatic heterocycles. The third kappa shape index (κ3) is 4.45. The molecule has 1 aromatic rings. The van der Waals surface area contributed by atoms with Crippen molar-refractivity contribution in [1.29, 1.82) is 0 Å². The van der Waals surface area contributed by atoms with E-state index in [1.807, 2.05) is 6.07 Å². The van der Waals surface area contributed by atoms with E-state index < -0.39 is 0 Å². The normalized spacial score (nSPS) is 11.3. The van der Waals surface area contributed by atoms with Gasteiger partial charge in [-0.05, 0) is 24.0 Å². The molecule has 0 fully saturated rings. The summed E-state index contributed by atoms with van der Waals surface area (Å²) in [6.07, 6.45) is 2.68. The molecule has 0 saturated carbocycles. The lowest BCUT2D eigenvalue weighted by molar-refractivity contribution is 0.0600. The Balaban J connectivity index is 2.47. The van der Waals surface area contributed by atoms with E-state index in [0.29, 0.717) is 17.5 Å². The molecule has 0 spiro atoms. The first-order valence-electron chi connectivity index (χ1n) is 6.22. The van der Waals surface area contributed by atoms with Crippen molar-refractivity contribution in [2.24, 2.45) is 5.41 Å². The van der Waals surface area contributed by atoms with E-state index in [4.69, 9.17) is 0 Å². The molecule has 0 bridgehead atoms. The van der Waals surface area contributed by atoms with Gasteiger partial charge in [0.2, 0.25) is 0 Å². The molecule has 0 radical (unpaired) electrons. The Morgan fingerprint density at radius 3 is 2.67 bits per heavy atom. The molecule has 1 rings (SSSR count). The largest absolute Gasteiger partial charge is 0.465 e. The van der Waals surface area contributed by atoms with Crippen molar-refractivity contribution in [1.82, 2.24) is 10.3 Å². The van der Waals surface area contributed by atoms with E-state index in [-0.39, 0.29) is 5.97 Å². The number of carbonyl (C=O) groups is 1. The molecule has 0 aliphatic heterocycles. The molecule has 4 nitrogen and oxygen atoms in total. The molecule has 0 saturated heterocycles. The first-order valence-corrected chi connectivity index (χ1v) is 6.22. The lowest BCUT2D eigenvalue weighted by Crippen LogP contribution is -2.28. The first kappa shape index (κ1) is 14.6. The van der Waals surface area contributed by atoms with E-state index in [1.165, 1.54) is 7.11 Å². The standard InChI is InChI=1S/C14H22N2O2/c1-5-14(2,3)10-15-9-12-7-6-11(8-16-12)13(17)18-4/h6-8,15H,5,9-10H2,1-4H3. The van der Waals surface area contributed by atoms with E-state index in [2.05, 4.69) is 35.8 Å². The summed E-state index contributed by atoms with van der Waals surface area (Å²) in [7, 11) is 1.37. The van der Waals surface area contributed by atoms with E-state index in [0.717, 1.165) is 18.7 Å². The lowest BCUT2D eigenvalue weighted by Gasteiger charge is -2.22. The van der Waals surface area contributed by atoms with Gasteiger partial charge in [0.1, 0.15) is 0 Å². The fourth-order valence-electron chi connectivity index (χ4n) is 1.42. The number of pyridine rings is 1. The Morgan fingerprint density at radius 2 is 2.17 bits per heavy atom. The van der Waals surface area contributed by atoms with Gasteiger partial charge in [0.05, 0.1) is 18.4 Å². The number of ether oxygens (including phenoxy) is 1. The van der Waals surface area contributed by atoms with Crippen LogP contribution in [0.5, 0.6) is 0 Å².